The van der Waals surface area contributed by atoms with E-state index in [9.17, 15) is 0 Å². The number of nitrogens with zero attached hydrogens (tertiary/aromatic N) is 1. The summed E-state index contributed by atoms with van der Waals surface area (Å²) in [5.41, 5.74) is 19.9. The Labute approximate surface area is 404 Å². The molecule has 1 heteroatoms. The highest BCUT2D eigenvalue weighted by atomic mass is 15.1. The van der Waals surface area contributed by atoms with Gasteiger partial charge >= 0.3 is 0 Å². The lowest BCUT2D eigenvalue weighted by atomic mass is 9.88. The van der Waals surface area contributed by atoms with Crippen LogP contribution in [0.25, 0.3) is 99.4 Å². The van der Waals surface area contributed by atoms with Crippen LogP contribution in [0.1, 0.15) is 0 Å². The van der Waals surface area contributed by atoms with Crippen molar-refractivity contribution < 1.29 is 0 Å². The van der Waals surface area contributed by atoms with Crippen molar-refractivity contribution in [2.45, 2.75) is 0 Å². The van der Waals surface area contributed by atoms with E-state index in [1.165, 1.54) is 93.9 Å². The lowest BCUT2D eigenvalue weighted by Crippen LogP contribution is -2.11. The molecule has 12 aromatic carbocycles. The zero-order valence-electron chi connectivity index (χ0n) is 38.1. The first kappa shape index (κ1) is 41.4. The Hall–Kier alpha value is -9.04. The molecular weight excluding hydrogens is 831 g/mol. The van der Waals surface area contributed by atoms with E-state index in [-0.39, 0.29) is 0 Å². The molecule has 0 unspecified atom stereocenters. The Morgan fingerprint density at radius 2 is 0.478 bits per heavy atom. The van der Waals surface area contributed by atoms with Gasteiger partial charge in [0.2, 0.25) is 0 Å². The molecule has 0 atom stereocenters. The van der Waals surface area contributed by atoms with Crippen molar-refractivity contribution in [3.05, 3.63) is 285 Å². The normalized spacial score (nSPS) is 11.2. The van der Waals surface area contributed by atoms with E-state index in [2.05, 4.69) is 290 Å². The van der Waals surface area contributed by atoms with Gasteiger partial charge in [0.15, 0.2) is 0 Å². The molecule has 0 N–H and O–H groups in total. The molecule has 0 aliphatic heterocycles. The minimum atomic E-state index is 1.08. The third-order valence-corrected chi connectivity index (χ3v) is 13.5. The monoisotopic (exact) mass is 877 g/mol. The maximum Gasteiger partial charge on any atom is 0.0540 e. The highest BCUT2D eigenvalue weighted by Crippen LogP contribution is 2.46. The molecule has 0 aromatic heterocycles. The second-order valence-corrected chi connectivity index (χ2v) is 17.7. The fourth-order valence-corrected chi connectivity index (χ4v) is 9.92. The Morgan fingerprint density at radius 1 is 0.174 bits per heavy atom. The highest BCUT2D eigenvalue weighted by Gasteiger charge is 2.20. The molecule has 1 nitrogen and oxygen atoms in total. The largest absolute Gasteiger partial charge is 0.310 e. The van der Waals surface area contributed by atoms with E-state index < -0.39 is 0 Å². The van der Waals surface area contributed by atoms with Crippen LogP contribution in [0, 0.1) is 0 Å². The predicted octanol–water partition coefficient (Wildman–Crippen LogP) is 19.1. The van der Waals surface area contributed by atoms with Gasteiger partial charge in [-0.2, -0.15) is 0 Å². The number of fused-ring (bicyclic) bond motifs is 2. The SMILES string of the molecule is c1ccc(-c2ccccc2-c2ccccc2-c2ccccc2N(c2ccc(-c3ccc(-c4ccc5ccccc5c4)cc3)cc2)c2ccc(-c3ccc(-c4ccc5ccccc5c4)cc3)cc2)cc1. The summed E-state index contributed by atoms with van der Waals surface area (Å²) in [4.78, 5) is 2.41. The van der Waals surface area contributed by atoms with Crippen LogP contribution >= 0.6 is 0 Å². The lowest BCUT2D eigenvalue weighted by molar-refractivity contribution is 1.28. The number of benzene rings is 12. The average molecular weight is 878 g/mol. The van der Waals surface area contributed by atoms with Crippen molar-refractivity contribution in [3.8, 4) is 77.9 Å². The van der Waals surface area contributed by atoms with Gasteiger partial charge in [-0.3, -0.25) is 0 Å². The average Bonchev–Trinajstić information content (AvgIpc) is 3.44. The van der Waals surface area contributed by atoms with Crippen LogP contribution in [-0.4, -0.2) is 0 Å². The zero-order chi connectivity index (χ0) is 45.9. The summed E-state index contributed by atoms with van der Waals surface area (Å²) in [5.74, 6) is 0. The second kappa shape index (κ2) is 18.3. The summed E-state index contributed by atoms with van der Waals surface area (Å²) >= 11 is 0. The van der Waals surface area contributed by atoms with Gasteiger partial charge < -0.3 is 4.90 Å². The van der Waals surface area contributed by atoms with E-state index >= 15 is 0 Å². The van der Waals surface area contributed by atoms with Crippen LogP contribution in [-0.2, 0) is 0 Å². The maximum atomic E-state index is 2.41. The van der Waals surface area contributed by atoms with Gasteiger partial charge in [-0.1, -0.05) is 243 Å². The van der Waals surface area contributed by atoms with Crippen LogP contribution in [0.3, 0.4) is 0 Å². The number of hydrogen-bond acceptors (Lipinski definition) is 1. The first-order chi connectivity index (χ1) is 34.2. The Balaban J connectivity index is 0.919. The van der Waals surface area contributed by atoms with Crippen molar-refractivity contribution in [1.82, 2.24) is 0 Å². The molecule has 69 heavy (non-hydrogen) atoms. The fourth-order valence-electron chi connectivity index (χ4n) is 9.92. The lowest BCUT2D eigenvalue weighted by Gasteiger charge is -2.29. The van der Waals surface area contributed by atoms with Gasteiger partial charge in [0, 0.05) is 16.9 Å². The first-order valence-electron chi connectivity index (χ1n) is 23.7. The van der Waals surface area contributed by atoms with Gasteiger partial charge in [0.05, 0.1) is 5.69 Å². The van der Waals surface area contributed by atoms with Gasteiger partial charge in [-0.25, -0.2) is 0 Å². The molecule has 0 bridgehead atoms. The molecule has 324 valence electrons. The van der Waals surface area contributed by atoms with Crippen LogP contribution < -0.4 is 4.90 Å². The summed E-state index contributed by atoms with van der Waals surface area (Å²) in [6.45, 7) is 0. The molecule has 0 aliphatic carbocycles. The summed E-state index contributed by atoms with van der Waals surface area (Å²) in [6, 6.07) is 104. The van der Waals surface area contributed by atoms with E-state index in [0.29, 0.717) is 0 Å². The molecule has 0 amide bonds. The minimum absolute atomic E-state index is 1.08. The summed E-state index contributed by atoms with van der Waals surface area (Å²) in [5, 5.41) is 5.02. The smallest absolute Gasteiger partial charge is 0.0540 e. The topological polar surface area (TPSA) is 3.24 Å². The molecule has 0 radical (unpaired) electrons. The summed E-state index contributed by atoms with van der Waals surface area (Å²) in [7, 11) is 0. The van der Waals surface area contributed by atoms with Crippen LogP contribution in [0.4, 0.5) is 17.1 Å². The standard InChI is InChI=1S/C68H47N/c1-2-16-56(17-3-1)63-20-8-9-21-64(63)65-22-10-11-23-66(65)67-24-12-13-25-68(67)69(61-42-38-52(39-43-61)50-26-30-54(31-27-50)59-36-34-48-14-4-6-18-57(48)46-59)62-44-40-53(41-45-62)51-28-32-55(33-29-51)60-37-35-49-15-5-7-19-58(49)47-60/h1-47H. The van der Waals surface area contributed by atoms with Crippen molar-refractivity contribution in [3.63, 3.8) is 0 Å². The van der Waals surface area contributed by atoms with Crippen LogP contribution in [0.5, 0.6) is 0 Å². The van der Waals surface area contributed by atoms with E-state index in [1.807, 2.05) is 0 Å². The van der Waals surface area contributed by atoms with Crippen molar-refractivity contribution in [2.75, 3.05) is 4.90 Å². The molecule has 0 saturated carbocycles. The molecule has 0 aliphatic rings. The minimum Gasteiger partial charge on any atom is -0.310 e. The summed E-state index contributed by atoms with van der Waals surface area (Å²) < 4.78 is 0. The fraction of sp³-hybridized carbons (Fsp3) is 0. The van der Waals surface area contributed by atoms with Gasteiger partial charge in [0.1, 0.15) is 0 Å². The molecule has 0 saturated heterocycles. The van der Waals surface area contributed by atoms with E-state index in [4.69, 9.17) is 0 Å². The molecule has 0 spiro atoms. The first-order valence-corrected chi connectivity index (χ1v) is 23.7. The molecule has 12 aromatic rings. The van der Waals surface area contributed by atoms with Gasteiger partial charge in [-0.05, 0) is 136 Å². The Morgan fingerprint density at radius 3 is 0.942 bits per heavy atom. The molecular formula is C68H47N. The zero-order valence-corrected chi connectivity index (χ0v) is 38.1. The van der Waals surface area contributed by atoms with Gasteiger partial charge in [-0.15, -0.1) is 0 Å². The molecule has 12 rings (SSSR count). The van der Waals surface area contributed by atoms with Gasteiger partial charge in [0.25, 0.3) is 0 Å². The third-order valence-electron chi connectivity index (χ3n) is 13.5. The number of para-hydroxylation sites is 1. The van der Waals surface area contributed by atoms with Crippen LogP contribution in [0.15, 0.2) is 285 Å². The summed E-state index contributed by atoms with van der Waals surface area (Å²) in [6.07, 6.45) is 0. The highest BCUT2D eigenvalue weighted by molar-refractivity contribution is 5.97. The molecule has 0 heterocycles. The third kappa shape index (κ3) is 8.28. The van der Waals surface area contributed by atoms with E-state index in [1.54, 1.807) is 0 Å². The predicted molar refractivity (Wildman–Crippen MR) is 294 cm³/mol. The quantitative estimate of drug-likeness (QED) is 0.132. The number of anilines is 3. The maximum absolute atomic E-state index is 2.41. The van der Waals surface area contributed by atoms with E-state index in [0.717, 1.165) is 22.6 Å². The van der Waals surface area contributed by atoms with Crippen molar-refractivity contribution >= 4 is 38.6 Å². The van der Waals surface area contributed by atoms with Crippen molar-refractivity contribution in [1.29, 1.82) is 0 Å². The second-order valence-electron chi connectivity index (χ2n) is 17.7. The number of rotatable bonds is 10. The Kier molecular flexibility index (Phi) is 11.0. The molecule has 0 fully saturated rings. The van der Waals surface area contributed by atoms with Crippen molar-refractivity contribution in [2.24, 2.45) is 0 Å². The van der Waals surface area contributed by atoms with Crippen LogP contribution in [0.2, 0.25) is 0 Å². The number of hydrogen-bond donors (Lipinski definition) is 0. The Bertz CT molecular complexity index is 3570.